The third-order valence-electron chi connectivity index (χ3n) is 5.30. The molecule has 4 atom stereocenters. The average molecular weight is 284 g/mol. The molecule has 0 amide bonds. The number of nitrogens with zero attached hydrogens (tertiary/aromatic N) is 3. The normalized spacial score (nSPS) is 42.9. The van der Waals surface area contributed by atoms with Gasteiger partial charge in [0.05, 0.1) is 30.2 Å². The minimum absolute atomic E-state index is 0.268. The molecule has 2 aliphatic heterocycles. The van der Waals surface area contributed by atoms with Crippen molar-refractivity contribution in [2.24, 2.45) is 16.7 Å². The van der Waals surface area contributed by atoms with Gasteiger partial charge in [-0.3, -0.25) is 5.41 Å². The summed E-state index contributed by atoms with van der Waals surface area (Å²) in [5.74, 6) is -1.68. The Labute approximate surface area is 123 Å². The Hall–Kier alpha value is -2.10. The zero-order chi connectivity index (χ0) is 15.3. The van der Waals surface area contributed by atoms with Gasteiger partial charge in [-0.15, -0.1) is 0 Å². The summed E-state index contributed by atoms with van der Waals surface area (Å²) < 4.78 is 11.8. The number of nitriles is 3. The van der Waals surface area contributed by atoms with Crippen molar-refractivity contribution in [1.82, 2.24) is 0 Å². The maximum atomic E-state index is 9.86. The van der Waals surface area contributed by atoms with E-state index in [0.717, 1.165) is 12.8 Å². The van der Waals surface area contributed by atoms with E-state index in [0.29, 0.717) is 19.3 Å². The lowest BCUT2D eigenvalue weighted by Gasteiger charge is -2.51. The van der Waals surface area contributed by atoms with E-state index >= 15 is 0 Å². The van der Waals surface area contributed by atoms with Crippen LogP contribution in [0.5, 0.6) is 0 Å². The first kappa shape index (κ1) is 13.9. The number of ether oxygens (including phenoxy) is 2. The van der Waals surface area contributed by atoms with E-state index in [9.17, 15) is 15.8 Å². The van der Waals surface area contributed by atoms with Crippen LogP contribution in [0.25, 0.3) is 0 Å². The predicted molar refractivity (Wildman–Crippen MR) is 70.4 cm³/mol. The molecule has 3 fully saturated rings. The second-order valence-electron chi connectivity index (χ2n) is 6.01. The molecule has 1 N–H and O–H groups in total. The van der Waals surface area contributed by atoms with Gasteiger partial charge in [0.2, 0.25) is 11.7 Å². The summed E-state index contributed by atoms with van der Waals surface area (Å²) in [5.41, 5.74) is -3.20. The molecule has 6 heteroatoms. The van der Waals surface area contributed by atoms with Crippen LogP contribution in [0.15, 0.2) is 0 Å². The van der Waals surface area contributed by atoms with Crippen molar-refractivity contribution in [1.29, 1.82) is 21.2 Å². The molecule has 2 saturated heterocycles. The Kier molecular flexibility index (Phi) is 2.77. The highest BCUT2D eigenvalue weighted by Crippen LogP contribution is 2.66. The van der Waals surface area contributed by atoms with Crippen molar-refractivity contribution in [2.45, 2.75) is 50.9 Å². The molecule has 3 aliphatic rings. The highest BCUT2D eigenvalue weighted by atomic mass is 16.7. The van der Waals surface area contributed by atoms with Gasteiger partial charge in [-0.25, -0.2) is 0 Å². The zero-order valence-electron chi connectivity index (χ0n) is 11.8. The predicted octanol–water partition coefficient (Wildman–Crippen LogP) is 2.23. The first-order valence-corrected chi connectivity index (χ1v) is 7.26. The Morgan fingerprint density at radius 1 is 1.24 bits per heavy atom. The molecule has 0 spiro atoms. The molecule has 2 heterocycles. The van der Waals surface area contributed by atoms with Crippen LogP contribution in [-0.4, -0.2) is 17.8 Å². The molecule has 108 valence electrons. The van der Waals surface area contributed by atoms with E-state index in [4.69, 9.17) is 14.9 Å². The molecule has 0 unspecified atom stereocenters. The fraction of sp³-hybridized carbons (Fsp3) is 0.733. The Morgan fingerprint density at radius 3 is 2.52 bits per heavy atom. The minimum atomic E-state index is -1.68. The van der Waals surface area contributed by atoms with E-state index in [-0.39, 0.29) is 5.90 Å². The summed E-state index contributed by atoms with van der Waals surface area (Å²) in [6, 6.07) is 6.17. The van der Waals surface area contributed by atoms with Crippen LogP contribution < -0.4 is 0 Å². The maximum Gasteiger partial charge on any atom is 0.217 e. The van der Waals surface area contributed by atoms with E-state index in [1.807, 2.05) is 19.1 Å². The SMILES string of the molecule is CC[C@H]1O[C@@]23CCCC[C@H]2[C@@](C#N)(C(=N)O3)C1(C#N)C#N. The van der Waals surface area contributed by atoms with Gasteiger partial charge in [0.15, 0.2) is 10.8 Å². The van der Waals surface area contributed by atoms with Gasteiger partial charge in [-0.2, -0.15) is 15.8 Å². The molecular weight excluding hydrogens is 268 g/mol. The van der Waals surface area contributed by atoms with E-state index in [1.54, 1.807) is 0 Å². The molecule has 0 radical (unpaired) electrons. The van der Waals surface area contributed by atoms with Crippen LogP contribution in [0.4, 0.5) is 0 Å². The Morgan fingerprint density at radius 2 is 1.95 bits per heavy atom. The monoisotopic (exact) mass is 284 g/mol. The lowest BCUT2D eigenvalue weighted by molar-refractivity contribution is -0.291. The van der Waals surface area contributed by atoms with Gasteiger partial charge < -0.3 is 9.47 Å². The fourth-order valence-electron chi connectivity index (χ4n) is 4.35. The van der Waals surface area contributed by atoms with Crippen molar-refractivity contribution < 1.29 is 9.47 Å². The molecule has 21 heavy (non-hydrogen) atoms. The van der Waals surface area contributed by atoms with Crippen molar-refractivity contribution in [3.63, 3.8) is 0 Å². The quantitative estimate of drug-likeness (QED) is 0.793. The van der Waals surface area contributed by atoms with Crippen LogP contribution in [0.3, 0.4) is 0 Å². The summed E-state index contributed by atoms with van der Waals surface area (Å²) in [6.45, 7) is 1.82. The van der Waals surface area contributed by atoms with Crippen molar-refractivity contribution in [2.75, 3.05) is 0 Å². The van der Waals surface area contributed by atoms with Crippen LogP contribution in [-0.2, 0) is 9.47 Å². The highest BCUT2D eigenvalue weighted by molar-refractivity contribution is 5.89. The second kappa shape index (κ2) is 4.20. The molecule has 0 aromatic heterocycles. The Bertz CT molecular complexity index is 611. The third-order valence-corrected chi connectivity index (χ3v) is 5.30. The van der Waals surface area contributed by atoms with Crippen molar-refractivity contribution in [3.8, 4) is 18.2 Å². The minimum Gasteiger partial charge on any atom is -0.447 e. The topological polar surface area (TPSA) is 114 Å². The van der Waals surface area contributed by atoms with E-state index < -0.39 is 28.6 Å². The lowest BCUT2D eigenvalue weighted by atomic mass is 9.52. The molecule has 2 bridgehead atoms. The fourth-order valence-corrected chi connectivity index (χ4v) is 4.35. The number of hydrogen-bond donors (Lipinski definition) is 1. The zero-order valence-corrected chi connectivity index (χ0v) is 11.8. The average Bonchev–Trinajstić information content (AvgIpc) is 2.72. The molecule has 3 rings (SSSR count). The summed E-state index contributed by atoms with van der Waals surface area (Å²) >= 11 is 0. The summed E-state index contributed by atoms with van der Waals surface area (Å²) in [5, 5.41) is 37.5. The first-order valence-electron chi connectivity index (χ1n) is 7.26. The molecule has 6 nitrogen and oxygen atoms in total. The molecular formula is C15H16N4O2. The smallest absolute Gasteiger partial charge is 0.217 e. The lowest BCUT2D eigenvalue weighted by Crippen LogP contribution is -2.63. The van der Waals surface area contributed by atoms with Gasteiger partial charge in [0.25, 0.3) is 0 Å². The van der Waals surface area contributed by atoms with Crippen LogP contribution >= 0.6 is 0 Å². The van der Waals surface area contributed by atoms with Gasteiger partial charge in [0, 0.05) is 6.42 Å². The van der Waals surface area contributed by atoms with Gasteiger partial charge in [-0.05, 0) is 19.3 Å². The van der Waals surface area contributed by atoms with Gasteiger partial charge in [0.1, 0.15) is 0 Å². The van der Waals surface area contributed by atoms with E-state index in [2.05, 4.69) is 6.07 Å². The van der Waals surface area contributed by atoms with Crippen molar-refractivity contribution >= 4 is 5.90 Å². The van der Waals surface area contributed by atoms with Gasteiger partial charge in [-0.1, -0.05) is 13.3 Å². The first-order chi connectivity index (χ1) is 10.1. The summed E-state index contributed by atoms with van der Waals surface area (Å²) in [6.07, 6.45) is 2.73. The number of hydrogen-bond acceptors (Lipinski definition) is 6. The molecule has 0 aromatic rings. The standard InChI is InChI=1S/C15H16N4O2/c1-2-11-13(7-16,8-17)14(9-18)10-5-3-4-6-15(10,20-11)21-12(14)19/h10-11,19H,2-6H2,1H3/t10-,11+,14-,15+/m0/s1. The molecule has 1 aliphatic carbocycles. The summed E-state index contributed by atoms with van der Waals surface area (Å²) in [4.78, 5) is 0. The summed E-state index contributed by atoms with van der Waals surface area (Å²) in [7, 11) is 0. The van der Waals surface area contributed by atoms with Crippen LogP contribution in [0.1, 0.15) is 39.0 Å². The largest absolute Gasteiger partial charge is 0.447 e. The number of rotatable bonds is 1. The maximum absolute atomic E-state index is 9.86. The second-order valence-corrected chi connectivity index (χ2v) is 6.01. The van der Waals surface area contributed by atoms with Gasteiger partial charge >= 0.3 is 0 Å². The third kappa shape index (κ3) is 1.26. The Balaban J connectivity index is 2.30. The van der Waals surface area contributed by atoms with Crippen molar-refractivity contribution in [3.05, 3.63) is 0 Å². The van der Waals surface area contributed by atoms with Crippen LogP contribution in [0, 0.1) is 56.2 Å². The molecule has 1 saturated carbocycles. The van der Waals surface area contributed by atoms with E-state index in [1.165, 1.54) is 0 Å². The molecule has 0 aromatic carbocycles. The van der Waals surface area contributed by atoms with Crippen LogP contribution in [0.2, 0.25) is 0 Å². The number of nitrogens with one attached hydrogen (secondary N) is 1. The highest BCUT2D eigenvalue weighted by Gasteiger charge is 2.79.